The minimum absolute atomic E-state index is 0.362. The first-order valence-electron chi connectivity index (χ1n) is 3.83. The Hall–Kier alpha value is -0.240. The van der Waals surface area contributed by atoms with Crippen LogP contribution in [0, 0.1) is 0 Å². The zero-order valence-electron chi connectivity index (χ0n) is 6.77. The van der Waals surface area contributed by atoms with Crippen molar-refractivity contribution < 1.29 is 25.0 Å². The largest absolute Gasteiger partial charge is 0.379 e. The van der Waals surface area contributed by atoms with Crippen molar-refractivity contribution in [3.05, 3.63) is 0 Å². The standard InChI is InChI=1S/C6H13NO5/c8-11-12-10-6-3-7-1-4-9-5-2-7/h8H,1-6H2. The van der Waals surface area contributed by atoms with Crippen molar-refractivity contribution in [2.75, 3.05) is 39.5 Å². The second-order valence-corrected chi connectivity index (χ2v) is 2.42. The average molecular weight is 179 g/mol. The van der Waals surface area contributed by atoms with E-state index in [1.165, 1.54) is 0 Å². The summed E-state index contributed by atoms with van der Waals surface area (Å²) in [4.78, 5) is 6.60. The number of hydrogen-bond acceptors (Lipinski definition) is 6. The fourth-order valence-corrected chi connectivity index (χ4v) is 1.05. The van der Waals surface area contributed by atoms with E-state index < -0.39 is 0 Å². The lowest BCUT2D eigenvalue weighted by atomic mass is 10.4. The fraction of sp³-hybridized carbons (Fsp3) is 1.00. The van der Waals surface area contributed by atoms with Crippen LogP contribution in [0.5, 0.6) is 0 Å². The third-order valence-electron chi connectivity index (χ3n) is 1.67. The molecule has 1 aliphatic rings. The number of nitrogens with zero attached hydrogens (tertiary/aromatic N) is 1. The summed E-state index contributed by atoms with van der Waals surface area (Å²) in [5.41, 5.74) is 0. The van der Waals surface area contributed by atoms with Crippen LogP contribution in [0.3, 0.4) is 0 Å². The molecule has 72 valence electrons. The van der Waals surface area contributed by atoms with Gasteiger partial charge in [0.15, 0.2) is 0 Å². The van der Waals surface area contributed by atoms with Gasteiger partial charge in [-0.3, -0.25) is 4.90 Å². The van der Waals surface area contributed by atoms with Gasteiger partial charge in [0.05, 0.1) is 19.8 Å². The van der Waals surface area contributed by atoms with Crippen molar-refractivity contribution in [2.24, 2.45) is 0 Å². The van der Waals surface area contributed by atoms with Crippen molar-refractivity contribution in [2.45, 2.75) is 0 Å². The quantitative estimate of drug-likeness (QED) is 0.354. The maximum atomic E-state index is 7.72. The first-order valence-corrected chi connectivity index (χ1v) is 3.83. The van der Waals surface area contributed by atoms with Crippen molar-refractivity contribution in [3.63, 3.8) is 0 Å². The van der Waals surface area contributed by atoms with E-state index in [1.807, 2.05) is 0 Å². The van der Waals surface area contributed by atoms with Crippen LogP contribution in [0.4, 0.5) is 0 Å². The molecule has 0 saturated carbocycles. The van der Waals surface area contributed by atoms with E-state index in [4.69, 9.17) is 9.99 Å². The molecule has 1 heterocycles. The molecule has 0 aromatic heterocycles. The van der Waals surface area contributed by atoms with E-state index in [0.29, 0.717) is 6.61 Å². The van der Waals surface area contributed by atoms with Crippen LogP contribution in [0.25, 0.3) is 0 Å². The minimum atomic E-state index is 0.362. The van der Waals surface area contributed by atoms with Gasteiger partial charge in [-0.25, -0.2) is 10.1 Å². The topological polar surface area (TPSA) is 60.4 Å². The van der Waals surface area contributed by atoms with Crippen LogP contribution in [-0.4, -0.2) is 49.6 Å². The fourth-order valence-electron chi connectivity index (χ4n) is 1.05. The lowest BCUT2D eigenvalue weighted by Crippen LogP contribution is -2.38. The second-order valence-electron chi connectivity index (χ2n) is 2.42. The first-order chi connectivity index (χ1) is 5.93. The van der Waals surface area contributed by atoms with Crippen LogP contribution >= 0.6 is 0 Å². The molecule has 0 unspecified atom stereocenters. The molecule has 0 spiro atoms. The molecule has 1 rings (SSSR count). The Morgan fingerprint density at radius 3 is 2.75 bits per heavy atom. The Morgan fingerprint density at radius 1 is 1.33 bits per heavy atom. The molecule has 1 aliphatic heterocycles. The van der Waals surface area contributed by atoms with Crippen LogP contribution < -0.4 is 0 Å². The molecule has 1 saturated heterocycles. The number of morpholine rings is 1. The number of rotatable bonds is 5. The summed E-state index contributed by atoms with van der Waals surface area (Å²) in [6.07, 6.45) is 0. The van der Waals surface area contributed by atoms with Gasteiger partial charge in [0, 0.05) is 19.6 Å². The van der Waals surface area contributed by atoms with E-state index in [9.17, 15) is 0 Å². The van der Waals surface area contributed by atoms with E-state index >= 15 is 0 Å². The van der Waals surface area contributed by atoms with Gasteiger partial charge in [-0.1, -0.05) is 0 Å². The molecule has 0 bridgehead atoms. The molecule has 1 fully saturated rings. The van der Waals surface area contributed by atoms with Gasteiger partial charge in [-0.15, -0.1) is 0 Å². The molecule has 6 nitrogen and oxygen atoms in total. The molecule has 12 heavy (non-hydrogen) atoms. The highest BCUT2D eigenvalue weighted by molar-refractivity contribution is 4.60. The third-order valence-corrected chi connectivity index (χ3v) is 1.67. The summed E-state index contributed by atoms with van der Waals surface area (Å²) in [7, 11) is 0. The molecule has 0 aromatic carbocycles. The Bertz CT molecular complexity index is 106. The van der Waals surface area contributed by atoms with Crippen LogP contribution in [0.2, 0.25) is 0 Å². The van der Waals surface area contributed by atoms with Crippen LogP contribution in [0.15, 0.2) is 0 Å². The molecular formula is C6H13NO5. The molecule has 0 radical (unpaired) electrons. The highest BCUT2D eigenvalue weighted by Crippen LogP contribution is 1.95. The smallest absolute Gasteiger partial charge is 0.0981 e. The maximum Gasteiger partial charge on any atom is 0.0981 e. The molecule has 0 aliphatic carbocycles. The number of hydrogen-bond donors (Lipinski definition) is 1. The summed E-state index contributed by atoms with van der Waals surface area (Å²) < 4.78 is 5.15. The Kier molecular flexibility index (Phi) is 5.16. The molecule has 0 amide bonds. The molecule has 1 N–H and O–H groups in total. The predicted molar refractivity (Wildman–Crippen MR) is 38.0 cm³/mol. The van der Waals surface area contributed by atoms with Crippen LogP contribution in [0.1, 0.15) is 0 Å². The van der Waals surface area contributed by atoms with Crippen molar-refractivity contribution in [1.29, 1.82) is 0 Å². The zero-order valence-corrected chi connectivity index (χ0v) is 6.77. The molecule has 6 heteroatoms. The van der Waals surface area contributed by atoms with Gasteiger partial charge in [0.2, 0.25) is 0 Å². The van der Waals surface area contributed by atoms with Gasteiger partial charge in [-0.05, 0) is 10.1 Å². The van der Waals surface area contributed by atoms with Crippen molar-refractivity contribution >= 4 is 0 Å². The molecule has 0 atom stereocenters. The van der Waals surface area contributed by atoms with Crippen LogP contribution in [-0.2, 0) is 19.7 Å². The molecular weight excluding hydrogens is 166 g/mol. The van der Waals surface area contributed by atoms with Gasteiger partial charge in [0.25, 0.3) is 0 Å². The zero-order chi connectivity index (χ0) is 8.65. The van der Waals surface area contributed by atoms with Crippen molar-refractivity contribution in [1.82, 2.24) is 4.90 Å². The van der Waals surface area contributed by atoms with Gasteiger partial charge >= 0.3 is 0 Å². The van der Waals surface area contributed by atoms with E-state index in [1.54, 1.807) is 0 Å². The maximum absolute atomic E-state index is 7.72. The van der Waals surface area contributed by atoms with E-state index in [0.717, 1.165) is 32.8 Å². The van der Waals surface area contributed by atoms with E-state index in [-0.39, 0.29) is 0 Å². The summed E-state index contributed by atoms with van der Waals surface area (Å²) in [6, 6.07) is 0. The Labute approximate surface area is 70.4 Å². The second kappa shape index (κ2) is 6.30. The lowest BCUT2D eigenvalue weighted by molar-refractivity contribution is -0.623. The number of ether oxygens (including phenoxy) is 1. The van der Waals surface area contributed by atoms with E-state index in [2.05, 4.69) is 19.9 Å². The van der Waals surface area contributed by atoms with Gasteiger partial charge in [0.1, 0.15) is 0 Å². The normalized spacial score (nSPS) is 19.8. The molecule has 0 aromatic rings. The summed E-state index contributed by atoms with van der Waals surface area (Å²) >= 11 is 0. The first kappa shape index (κ1) is 9.85. The SMILES string of the molecule is OOOOCCN1CCOCC1. The highest BCUT2D eigenvalue weighted by Gasteiger charge is 2.09. The average Bonchev–Trinajstić information content (AvgIpc) is 2.14. The predicted octanol–water partition coefficient (Wildman–Crippen LogP) is -0.329. The Balaban J connectivity index is 1.91. The highest BCUT2D eigenvalue weighted by atomic mass is 17.6. The van der Waals surface area contributed by atoms with Gasteiger partial charge in [-0.2, -0.15) is 0 Å². The minimum Gasteiger partial charge on any atom is -0.379 e. The summed E-state index contributed by atoms with van der Waals surface area (Å²) in [6.45, 7) is 4.44. The summed E-state index contributed by atoms with van der Waals surface area (Å²) in [5, 5.41) is 14.8. The summed E-state index contributed by atoms with van der Waals surface area (Å²) in [5.74, 6) is 0. The van der Waals surface area contributed by atoms with Gasteiger partial charge < -0.3 is 4.74 Å². The van der Waals surface area contributed by atoms with Crippen molar-refractivity contribution in [3.8, 4) is 0 Å². The lowest BCUT2D eigenvalue weighted by Gasteiger charge is -2.25. The Morgan fingerprint density at radius 2 is 2.08 bits per heavy atom. The monoisotopic (exact) mass is 179 g/mol. The third kappa shape index (κ3) is 3.96.